The molecule has 0 radical (unpaired) electrons. The quantitative estimate of drug-likeness (QED) is 0.759. The fourth-order valence-electron chi connectivity index (χ4n) is 1.95. The molecule has 1 saturated heterocycles. The Morgan fingerprint density at radius 1 is 1.22 bits per heavy atom. The number of hydrogen-bond acceptors (Lipinski definition) is 6. The number of rotatable bonds is 4. The third-order valence-electron chi connectivity index (χ3n) is 3.21. The summed E-state index contributed by atoms with van der Waals surface area (Å²) >= 11 is 0. The Morgan fingerprint density at radius 3 is 2.39 bits per heavy atom. The smallest absolute Gasteiger partial charge is 0.213 e. The summed E-state index contributed by atoms with van der Waals surface area (Å²) < 4.78 is 29.6. The molecule has 2 rings (SSSR count). The largest absolute Gasteiger partial charge is 0.295 e. The number of piperazine rings is 1. The zero-order valence-corrected chi connectivity index (χ0v) is 11.5. The van der Waals surface area contributed by atoms with Gasteiger partial charge in [0.15, 0.2) is 0 Å². The van der Waals surface area contributed by atoms with Gasteiger partial charge in [0.25, 0.3) is 0 Å². The predicted octanol–water partition coefficient (Wildman–Crippen LogP) is -0.155. The third kappa shape index (κ3) is 2.88. The Labute approximate surface area is 107 Å². The summed E-state index contributed by atoms with van der Waals surface area (Å²) in [6, 6.07) is 0. The molecule has 0 aliphatic carbocycles. The molecule has 0 spiro atoms. The highest BCUT2D eigenvalue weighted by Crippen LogP contribution is 2.11. The van der Waals surface area contributed by atoms with Crippen molar-refractivity contribution in [3.8, 4) is 0 Å². The van der Waals surface area contributed by atoms with Crippen LogP contribution in [0.3, 0.4) is 0 Å². The molecule has 0 bridgehead atoms. The maximum absolute atomic E-state index is 11.7. The van der Waals surface area contributed by atoms with E-state index >= 15 is 0 Å². The molecule has 8 heteroatoms. The molecule has 1 aliphatic rings. The molecule has 1 aromatic rings. The van der Waals surface area contributed by atoms with Crippen LogP contribution < -0.4 is 0 Å². The summed E-state index contributed by atoms with van der Waals surface area (Å²) in [5.74, 6) is 0.166. The summed E-state index contributed by atoms with van der Waals surface area (Å²) in [5.41, 5.74) is 1.61. The van der Waals surface area contributed by atoms with Gasteiger partial charge in [0.05, 0.1) is 5.75 Å². The lowest BCUT2D eigenvalue weighted by atomic mass is 10.3. The number of sulfonamides is 1. The Balaban J connectivity index is 1.90. The van der Waals surface area contributed by atoms with Gasteiger partial charge in [-0.1, -0.05) is 10.3 Å². The highest BCUT2D eigenvalue weighted by atomic mass is 32.2. The highest BCUT2D eigenvalue weighted by molar-refractivity contribution is 7.89. The molecule has 0 atom stereocenters. The number of nitrogens with zero attached hydrogens (tertiary/aromatic N) is 4. The van der Waals surface area contributed by atoms with E-state index in [4.69, 9.17) is 0 Å². The molecule has 0 N–H and O–H groups in total. The van der Waals surface area contributed by atoms with Crippen LogP contribution in [-0.2, 0) is 16.6 Å². The monoisotopic (exact) mass is 274 g/mol. The van der Waals surface area contributed by atoms with Crippen molar-refractivity contribution in [1.82, 2.24) is 19.5 Å². The number of aromatic nitrogens is 2. The van der Waals surface area contributed by atoms with Crippen LogP contribution in [0, 0.1) is 6.92 Å². The lowest BCUT2D eigenvalue weighted by Gasteiger charge is -2.33. The zero-order chi connectivity index (χ0) is 13.2. The summed E-state index contributed by atoms with van der Waals surface area (Å²) in [6.07, 6.45) is 0. The van der Waals surface area contributed by atoms with Crippen molar-refractivity contribution < 1.29 is 13.0 Å². The van der Waals surface area contributed by atoms with Crippen LogP contribution in [0.4, 0.5) is 0 Å². The van der Waals surface area contributed by atoms with Gasteiger partial charge >= 0.3 is 0 Å². The first-order valence-electron chi connectivity index (χ1n) is 6.01. The van der Waals surface area contributed by atoms with Gasteiger partial charge in [-0.2, -0.15) is 4.31 Å². The first-order chi connectivity index (χ1) is 8.53. The highest BCUT2D eigenvalue weighted by Gasteiger charge is 2.26. The minimum absolute atomic E-state index is 0.166. The first-order valence-corrected chi connectivity index (χ1v) is 7.62. The summed E-state index contributed by atoms with van der Waals surface area (Å²) in [6.45, 7) is 6.70. The van der Waals surface area contributed by atoms with Crippen molar-refractivity contribution in [2.45, 2.75) is 20.4 Å². The molecule has 0 amide bonds. The van der Waals surface area contributed by atoms with Gasteiger partial charge in [0, 0.05) is 32.7 Å². The molecule has 102 valence electrons. The number of aryl methyl sites for hydroxylation is 1. The lowest BCUT2D eigenvalue weighted by molar-refractivity contribution is 0.177. The van der Waals surface area contributed by atoms with Gasteiger partial charge in [-0.3, -0.25) is 4.90 Å². The summed E-state index contributed by atoms with van der Waals surface area (Å²) in [7, 11) is -3.05. The lowest BCUT2D eigenvalue weighted by Crippen LogP contribution is -2.48. The Kier molecular flexibility index (Phi) is 3.98. The van der Waals surface area contributed by atoms with Crippen LogP contribution >= 0.6 is 0 Å². The standard InChI is InChI=1S/C10H18N4O3S/c1-3-18(15,16)14-6-4-13(5-7-14)8-10-9(2)11-17-12-10/h3-8H2,1-2H3. The molecular weight excluding hydrogens is 256 g/mol. The second-order valence-electron chi connectivity index (χ2n) is 4.37. The minimum Gasteiger partial charge on any atom is -0.295 e. The van der Waals surface area contributed by atoms with Crippen molar-refractivity contribution in [1.29, 1.82) is 0 Å². The maximum Gasteiger partial charge on any atom is 0.213 e. The molecule has 0 unspecified atom stereocenters. The molecule has 1 fully saturated rings. The zero-order valence-electron chi connectivity index (χ0n) is 10.7. The molecule has 0 aromatic carbocycles. The van der Waals surface area contributed by atoms with Gasteiger partial charge in [-0.05, 0) is 13.8 Å². The van der Waals surface area contributed by atoms with E-state index in [0.29, 0.717) is 32.7 Å². The molecular formula is C10H18N4O3S. The van der Waals surface area contributed by atoms with E-state index in [1.54, 1.807) is 11.2 Å². The molecule has 1 aromatic heterocycles. The normalized spacial score (nSPS) is 19.2. The van der Waals surface area contributed by atoms with E-state index in [1.807, 2.05) is 6.92 Å². The van der Waals surface area contributed by atoms with Crippen molar-refractivity contribution in [3.05, 3.63) is 11.4 Å². The van der Waals surface area contributed by atoms with E-state index in [1.165, 1.54) is 0 Å². The Morgan fingerprint density at radius 2 is 1.89 bits per heavy atom. The summed E-state index contributed by atoms with van der Waals surface area (Å²) in [5, 5.41) is 7.56. The molecule has 7 nitrogen and oxygen atoms in total. The van der Waals surface area contributed by atoms with Crippen LogP contribution in [0.15, 0.2) is 4.63 Å². The van der Waals surface area contributed by atoms with E-state index in [-0.39, 0.29) is 5.75 Å². The van der Waals surface area contributed by atoms with Crippen LogP contribution in [0.1, 0.15) is 18.3 Å². The van der Waals surface area contributed by atoms with E-state index in [9.17, 15) is 8.42 Å². The first kappa shape index (κ1) is 13.4. The molecule has 1 aliphatic heterocycles. The van der Waals surface area contributed by atoms with Crippen LogP contribution in [0.5, 0.6) is 0 Å². The predicted molar refractivity (Wildman–Crippen MR) is 65.3 cm³/mol. The van der Waals surface area contributed by atoms with Gasteiger partial charge in [-0.15, -0.1) is 0 Å². The molecule has 18 heavy (non-hydrogen) atoms. The fourth-order valence-corrected chi connectivity index (χ4v) is 3.04. The molecule has 2 heterocycles. The van der Waals surface area contributed by atoms with Crippen molar-refractivity contribution in [3.63, 3.8) is 0 Å². The molecule has 0 saturated carbocycles. The second-order valence-corrected chi connectivity index (χ2v) is 6.63. The van der Waals surface area contributed by atoms with E-state index in [0.717, 1.165) is 11.4 Å². The van der Waals surface area contributed by atoms with Gasteiger partial charge in [-0.25, -0.2) is 13.0 Å². The van der Waals surface area contributed by atoms with E-state index in [2.05, 4.69) is 19.8 Å². The van der Waals surface area contributed by atoms with Gasteiger partial charge in [0.2, 0.25) is 10.0 Å². The number of hydrogen-bond donors (Lipinski definition) is 0. The average molecular weight is 274 g/mol. The average Bonchev–Trinajstić information content (AvgIpc) is 2.76. The third-order valence-corrected chi connectivity index (χ3v) is 5.09. The topological polar surface area (TPSA) is 79.5 Å². The van der Waals surface area contributed by atoms with Crippen LogP contribution in [-0.4, -0.2) is 59.9 Å². The van der Waals surface area contributed by atoms with Crippen LogP contribution in [0.2, 0.25) is 0 Å². The van der Waals surface area contributed by atoms with Gasteiger partial charge < -0.3 is 0 Å². The minimum atomic E-state index is -3.05. The fraction of sp³-hybridized carbons (Fsp3) is 0.800. The van der Waals surface area contributed by atoms with Gasteiger partial charge in [0.1, 0.15) is 11.4 Å². The second kappa shape index (κ2) is 5.33. The Hall–Kier alpha value is -0.990. The van der Waals surface area contributed by atoms with Crippen molar-refractivity contribution >= 4 is 10.0 Å². The SMILES string of the molecule is CCS(=O)(=O)N1CCN(Cc2nonc2C)CC1. The summed E-state index contributed by atoms with van der Waals surface area (Å²) in [4.78, 5) is 2.16. The van der Waals surface area contributed by atoms with Crippen molar-refractivity contribution in [2.24, 2.45) is 0 Å². The Bertz CT molecular complexity index is 491. The van der Waals surface area contributed by atoms with E-state index < -0.39 is 10.0 Å². The maximum atomic E-state index is 11.7. The van der Waals surface area contributed by atoms with Crippen molar-refractivity contribution in [2.75, 3.05) is 31.9 Å². The van der Waals surface area contributed by atoms with Crippen LogP contribution in [0.25, 0.3) is 0 Å².